The highest BCUT2D eigenvalue weighted by Crippen LogP contribution is 2.26. The van der Waals surface area contributed by atoms with Crippen LogP contribution in [0.4, 0.5) is 0 Å². The Morgan fingerprint density at radius 1 is 1.35 bits per heavy atom. The van der Waals surface area contributed by atoms with E-state index in [1.165, 1.54) is 0 Å². The maximum absolute atomic E-state index is 6.09. The van der Waals surface area contributed by atoms with E-state index in [2.05, 4.69) is 10.3 Å². The van der Waals surface area contributed by atoms with Crippen molar-refractivity contribution >= 4 is 34.8 Å². The summed E-state index contributed by atoms with van der Waals surface area (Å²) in [4.78, 5) is 0. The third-order valence-electron chi connectivity index (χ3n) is 2.33. The van der Waals surface area contributed by atoms with Crippen molar-refractivity contribution in [3.05, 3.63) is 45.7 Å². The van der Waals surface area contributed by atoms with Gasteiger partial charge in [-0.2, -0.15) is 0 Å². The predicted octanol–water partition coefficient (Wildman–Crippen LogP) is 3.93. The summed E-state index contributed by atoms with van der Waals surface area (Å²) in [7, 11) is 0. The maximum atomic E-state index is 6.09. The van der Waals surface area contributed by atoms with Crippen molar-refractivity contribution in [3.63, 3.8) is 0 Å². The summed E-state index contributed by atoms with van der Waals surface area (Å²) in [6.45, 7) is 2.37. The summed E-state index contributed by atoms with van der Waals surface area (Å²) < 4.78 is 1.69. The van der Waals surface area contributed by atoms with Crippen LogP contribution >= 0.6 is 34.8 Å². The normalized spacial score (nSPS) is 12.7. The van der Waals surface area contributed by atoms with E-state index in [1.807, 2.05) is 19.1 Å². The Kier molecular flexibility index (Phi) is 3.92. The average molecular weight is 291 g/mol. The summed E-state index contributed by atoms with van der Waals surface area (Å²) in [5, 5.41) is 8.88. The zero-order chi connectivity index (χ0) is 12.4. The lowest BCUT2D eigenvalue weighted by Gasteiger charge is -2.04. The molecule has 6 heteroatoms. The molecule has 1 heterocycles. The fraction of sp³-hybridized carbons (Fsp3) is 0.273. The zero-order valence-corrected chi connectivity index (χ0v) is 11.3. The summed E-state index contributed by atoms with van der Waals surface area (Å²) in [5.74, 6) is 0. The number of benzene rings is 1. The summed E-state index contributed by atoms with van der Waals surface area (Å²) in [6.07, 6.45) is 1.80. The molecule has 1 atom stereocenters. The molecule has 2 rings (SSSR count). The van der Waals surface area contributed by atoms with Gasteiger partial charge in [-0.15, -0.1) is 16.7 Å². The number of aromatic nitrogens is 3. The second kappa shape index (κ2) is 5.25. The molecule has 0 aliphatic heterocycles. The molecular formula is C11H10Cl3N3. The third kappa shape index (κ3) is 2.92. The average Bonchev–Trinajstić information content (AvgIpc) is 2.73. The van der Waals surface area contributed by atoms with Crippen LogP contribution in [0.3, 0.4) is 0 Å². The molecule has 0 radical (unpaired) electrons. The van der Waals surface area contributed by atoms with E-state index in [0.29, 0.717) is 16.6 Å². The Morgan fingerprint density at radius 3 is 2.76 bits per heavy atom. The fourth-order valence-electron chi connectivity index (χ4n) is 1.42. The molecule has 17 heavy (non-hydrogen) atoms. The molecule has 0 saturated heterocycles. The van der Waals surface area contributed by atoms with E-state index in [4.69, 9.17) is 34.8 Å². The van der Waals surface area contributed by atoms with Gasteiger partial charge in [0, 0.05) is 0 Å². The van der Waals surface area contributed by atoms with Gasteiger partial charge < -0.3 is 0 Å². The van der Waals surface area contributed by atoms with Crippen LogP contribution in [0.1, 0.15) is 23.6 Å². The fourth-order valence-corrected chi connectivity index (χ4v) is 1.90. The van der Waals surface area contributed by atoms with Crippen LogP contribution in [0.15, 0.2) is 24.4 Å². The van der Waals surface area contributed by atoms with Gasteiger partial charge in [0.2, 0.25) is 0 Å². The van der Waals surface area contributed by atoms with Crippen LogP contribution < -0.4 is 0 Å². The van der Waals surface area contributed by atoms with Crippen molar-refractivity contribution in [2.75, 3.05) is 0 Å². The molecule has 1 unspecified atom stereocenters. The second-order valence-electron chi connectivity index (χ2n) is 3.67. The number of alkyl halides is 1. The van der Waals surface area contributed by atoms with Crippen LogP contribution in [0.5, 0.6) is 0 Å². The SMILES string of the molecule is CC(Cl)c1cn(Cc2cccc(Cl)c2Cl)nn1. The molecular weight excluding hydrogens is 281 g/mol. The number of hydrogen-bond acceptors (Lipinski definition) is 2. The number of nitrogens with zero attached hydrogens (tertiary/aromatic N) is 3. The van der Waals surface area contributed by atoms with Crippen LogP contribution in [-0.2, 0) is 6.54 Å². The van der Waals surface area contributed by atoms with E-state index < -0.39 is 0 Å². The van der Waals surface area contributed by atoms with Gasteiger partial charge in [0.05, 0.1) is 28.2 Å². The smallest absolute Gasteiger partial charge is 0.100 e. The summed E-state index contributed by atoms with van der Waals surface area (Å²) in [5.41, 5.74) is 1.64. The minimum Gasteiger partial charge on any atom is -0.248 e. The highest BCUT2D eigenvalue weighted by atomic mass is 35.5. The molecule has 0 spiro atoms. The van der Waals surface area contributed by atoms with Crippen molar-refractivity contribution in [2.45, 2.75) is 18.8 Å². The molecule has 0 aliphatic carbocycles. The zero-order valence-electron chi connectivity index (χ0n) is 9.07. The highest BCUT2D eigenvalue weighted by Gasteiger charge is 2.09. The van der Waals surface area contributed by atoms with Gasteiger partial charge in [-0.25, -0.2) is 4.68 Å². The molecule has 0 saturated carbocycles. The molecule has 0 aliphatic rings. The van der Waals surface area contributed by atoms with Crippen LogP contribution in [0.2, 0.25) is 10.0 Å². The van der Waals surface area contributed by atoms with E-state index in [9.17, 15) is 0 Å². The van der Waals surface area contributed by atoms with E-state index in [0.717, 1.165) is 11.3 Å². The first kappa shape index (κ1) is 12.7. The summed E-state index contributed by atoms with van der Waals surface area (Å²) in [6, 6.07) is 5.51. The monoisotopic (exact) mass is 289 g/mol. The molecule has 0 amide bonds. The first-order chi connectivity index (χ1) is 8.08. The van der Waals surface area contributed by atoms with Crippen LogP contribution in [0.25, 0.3) is 0 Å². The van der Waals surface area contributed by atoms with E-state index in [1.54, 1.807) is 16.9 Å². The quantitative estimate of drug-likeness (QED) is 0.802. The molecule has 1 aromatic carbocycles. The van der Waals surface area contributed by atoms with Gasteiger partial charge in [-0.05, 0) is 18.6 Å². The van der Waals surface area contributed by atoms with Crippen molar-refractivity contribution in [2.24, 2.45) is 0 Å². The van der Waals surface area contributed by atoms with Crippen LogP contribution in [0, 0.1) is 0 Å². The largest absolute Gasteiger partial charge is 0.248 e. The van der Waals surface area contributed by atoms with Gasteiger partial charge >= 0.3 is 0 Å². The lowest BCUT2D eigenvalue weighted by Crippen LogP contribution is -2.01. The number of rotatable bonds is 3. The first-order valence-corrected chi connectivity index (χ1v) is 6.24. The summed E-state index contributed by atoms with van der Waals surface area (Å²) >= 11 is 17.9. The molecule has 0 N–H and O–H groups in total. The third-order valence-corrected chi connectivity index (χ3v) is 3.41. The molecule has 90 valence electrons. The lowest BCUT2D eigenvalue weighted by atomic mass is 10.2. The van der Waals surface area contributed by atoms with E-state index >= 15 is 0 Å². The van der Waals surface area contributed by atoms with Crippen molar-refractivity contribution < 1.29 is 0 Å². The van der Waals surface area contributed by atoms with Crippen molar-refractivity contribution in [1.82, 2.24) is 15.0 Å². The van der Waals surface area contributed by atoms with Gasteiger partial charge in [-0.3, -0.25) is 0 Å². The number of hydrogen-bond donors (Lipinski definition) is 0. The molecule has 2 aromatic rings. The van der Waals surface area contributed by atoms with Gasteiger partial charge in [0.25, 0.3) is 0 Å². The maximum Gasteiger partial charge on any atom is 0.100 e. The predicted molar refractivity (Wildman–Crippen MR) is 69.9 cm³/mol. The molecule has 1 aromatic heterocycles. The first-order valence-electron chi connectivity index (χ1n) is 5.05. The Bertz CT molecular complexity index is 522. The minimum absolute atomic E-state index is 0.154. The topological polar surface area (TPSA) is 30.7 Å². The van der Waals surface area contributed by atoms with Gasteiger partial charge in [-0.1, -0.05) is 40.5 Å². The van der Waals surface area contributed by atoms with Crippen LogP contribution in [-0.4, -0.2) is 15.0 Å². The Labute approximate surface area is 114 Å². The minimum atomic E-state index is -0.154. The van der Waals surface area contributed by atoms with Crippen molar-refractivity contribution in [3.8, 4) is 0 Å². The highest BCUT2D eigenvalue weighted by molar-refractivity contribution is 6.42. The number of halogens is 3. The van der Waals surface area contributed by atoms with Gasteiger partial charge in [0.1, 0.15) is 5.69 Å². The van der Waals surface area contributed by atoms with Crippen molar-refractivity contribution in [1.29, 1.82) is 0 Å². The van der Waals surface area contributed by atoms with E-state index in [-0.39, 0.29) is 5.38 Å². The Hall–Kier alpha value is -0.770. The Morgan fingerprint density at radius 2 is 2.12 bits per heavy atom. The Balaban J connectivity index is 2.22. The lowest BCUT2D eigenvalue weighted by molar-refractivity contribution is 0.649. The molecule has 3 nitrogen and oxygen atoms in total. The standard InChI is InChI=1S/C11H10Cl3N3/c1-7(12)10-6-17(16-15-10)5-8-3-2-4-9(13)11(8)14/h2-4,6-7H,5H2,1H3. The molecule has 0 bridgehead atoms. The molecule has 0 fully saturated rings. The van der Waals surface area contributed by atoms with Gasteiger partial charge in [0.15, 0.2) is 0 Å². The second-order valence-corrected chi connectivity index (χ2v) is 5.11.